The lowest BCUT2D eigenvalue weighted by molar-refractivity contribution is 0.104. The molecule has 17 heavy (non-hydrogen) atoms. The van der Waals surface area contributed by atoms with E-state index in [1.807, 2.05) is 0 Å². The highest BCUT2D eigenvalue weighted by Crippen LogP contribution is 2.24. The first-order chi connectivity index (χ1) is 8.42. The van der Waals surface area contributed by atoms with E-state index < -0.39 is 0 Å². The van der Waals surface area contributed by atoms with E-state index in [-0.39, 0.29) is 0 Å². The Bertz CT molecular complexity index is 383. The average molecular weight is 231 g/mol. The molecule has 2 aliphatic rings. The third-order valence-electron chi connectivity index (χ3n) is 3.89. The van der Waals surface area contributed by atoms with Crippen molar-refractivity contribution in [2.75, 3.05) is 18.5 Å². The van der Waals surface area contributed by atoms with Crippen LogP contribution in [-0.2, 0) is 17.6 Å². The van der Waals surface area contributed by atoms with Gasteiger partial charge in [-0.2, -0.15) is 0 Å². The highest BCUT2D eigenvalue weighted by Gasteiger charge is 2.15. The summed E-state index contributed by atoms with van der Waals surface area (Å²) in [7, 11) is 0. The summed E-state index contributed by atoms with van der Waals surface area (Å²) in [5, 5.41) is 3.46. The van der Waals surface area contributed by atoms with Crippen LogP contribution in [0.15, 0.2) is 18.2 Å². The molecule has 0 radical (unpaired) electrons. The molecule has 3 rings (SSSR count). The molecule has 0 bridgehead atoms. The first-order valence-electron chi connectivity index (χ1n) is 6.89. The van der Waals surface area contributed by atoms with Crippen LogP contribution in [0.5, 0.6) is 0 Å². The van der Waals surface area contributed by atoms with Crippen molar-refractivity contribution in [2.45, 2.75) is 44.6 Å². The summed E-state index contributed by atoms with van der Waals surface area (Å²) in [5.41, 5.74) is 4.32. The lowest BCUT2D eigenvalue weighted by Gasteiger charge is -2.19. The van der Waals surface area contributed by atoms with Gasteiger partial charge in [0, 0.05) is 18.8 Å². The highest BCUT2D eigenvalue weighted by molar-refractivity contribution is 5.54. The van der Waals surface area contributed by atoms with Gasteiger partial charge in [-0.15, -0.1) is 0 Å². The smallest absolute Gasteiger partial charge is 0.0579 e. The van der Waals surface area contributed by atoms with E-state index in [4.69, 9.17) is 4.74 Å². The first-order valence-corrected chi connectivity index (χ1v) is 6.89. The first kappa shape index (κ1) is 11.1. The highest BCUT2D eigenvalue weighted by atomic mass is 16.5. The van der Waals surface area contributed by atoms with Crippen molar-refractivity contribution in [1.82, 2.24) is 0 Å². The van der Waals surface area contributed by atoms with Crippen LogP contribution in [0, 0.1) is 0 Å². The standard InChI is InChI=1S/C15H21NO/c1-3-13-11-12(6-8-15(13)16-9-1)5-7-14-4-2-10-17-14/h6,8,11,14,16H,1-5,7,9-10H2. The zero-order chi connectivity index (χ0) is 11.5. The van der Waals surface area contributed by atoms with Crippen LogP contribution in [0.3, 0.4) is 0 Å². The maximum atomic E-state index is 5.67. The molecule has 2 aliphatic heterocycles. The van der Waals surface area contributed by atoms with Gasteiger partial charge in [0.1, 0.15) is 0 Å². The molecule has 1 N–H and O–H groups in total. The van der Waals surface area contributed by atoms with Gasteiger partial charge in [-0.25, -0.2) is 0 Å². The van der Waals surface area contributed by atoms with Gasteiger partial charge in [0.15, 0.2) is 0 Å². The SMILES string of the molecule is c1cc2c(cc1CCC1CCCO1)CCCN2. The number of aryl methyl sites for hydroxylation is 2. The van der Waals surface area contributed by atoms with Gasteiger partial charge in [0.2, 0.25) is 0 Å². The topological polar surface area (TPSA) is 21.3 Å². The van der Waals surface area contributed by atoms with Crippen molar-refractivity contribution in [3.8, 4) is 0 Å². The van der Waals surface area contributed by atoms with E-state index in [1.54, 1.807) is 0 Å². The van der Waals surface area contributed by atoms with Crippen LogP contribution in [0.1, 0.15) is 36.8 Å². The zero-order valence-corrected chi connectivity index (χ0v) is 10.4. The van der Waals surface area contributed by atoms with Crippen molar-refractivity contribution in [3.63, 3.8) is 0 Å². The molecule has 1 fully saturated rings. The zero-order valence-electron chi connectivity index (χ0n) is 10.4. The largest absolute Gasteiger partial charge is 0.385 e. The molecule has 1 atom stereocenters. The van der Waals surface area contributed by atoms with Gasteiger partial charge >= 0.3 is 0 Å². The molecule has 0 spiro atoms. The van der Waals surface area contributed by atoms with E-state index >= 15 is 0 Å². The van der Waals surface area contributed by atoms with E-state index in [0.29, 0.717) is 6.10 Å². The van der Waals surface area contributed by atoms with E-state index in [1.165, 1.54) is 48.9 Å². The summed E-state index contributed by atoms with van der Waals surface area (Å²) in [6.07, 6.45) is 7.87. The number of fused-ring (bicyclic) bond motifs is 1. The lowest BCUT2D eigenvalue weighted by Crippen LogP contribution is -2.12. The number of anilines is 1. The average Bonchev–Trinajstić information content (AvgIpc) is 2.89. The van der Waals surface area contributed by atoms with Gasteiger partial charge in [-0.3, -0.25) is 0 Å². The number of hydrogen-bond donors (Lipinski definition) is 1. The van der Waals surface area contributed by atoms with Crippen LogP contribution in [0.4, 0.5) is 5.69 Å². The van der Waals surface area contributed by atoms with Crippen LogP contribution < -0.4 is 5.32 Å². The molecule has 0 aliphatic carbocycles. The Morgan fingerprint density at radius 3 is 3.18 bits per heavy atom. The summed E-state index contributed by atoms with van der Waals surface area (Å²) < 4.78 is 5.67. The van der Waals surface area contributed by atoms with Gasteiger partial charge in [-0.05, 0) is 55.7 Å². The maximum absolute atomic E-state index is 5.67. The quantitative estimate of drug-likeness (QED) is 0.862. The monoisotopic (exact) mass is 231 g/mol. The predicted octanol–water partition coefficient (Wildman–Crippen LogP) is 3.16. The fraction of sp³-hybridized carbons (Fsp3) is 0.600. The molecule has 1 aromatic carbocycles. The molecule has 0 amide bonds. The Kier molecular flexibility index (Phi) is 3.32. The van der Waals surface area contributed by atoms with Crippen LogP contribution in [0.25, 0.3) is 0 Å². The molecule has 0 aromatic heterocycles. The molecule has 2 heteroatoms. The van der Waals surface area contributed by atoms with Crippen molar-refractivity contribution in [3.05, 3.63) is 29.3 Å². The molecule has 0 saturated carbocycles. The number of rotatable bonds is 3. The Morgan fingerprint density at radius 1 is 1.29 bits per heavy atom. The second-order valence-electron chi connectivity index (χ2n) is 5.20. The third kappa shape index (κ3) is 2.63. The summed E-state index contributed by atoms with van der Waals surface area (Å²) >= 11 is 0. The molecule has 92 valence electrons. The summed E-state index contributed by atoms with van der Waals surface area (Å²) in [6.45, 7) is 2.10. The van der Waals surface area contributed by atoms with E-state index in [0.717, 1.165) is 19.6 Å². The summed E-state index contributed by atoms with van der Waals surface area (Å²) in [6, 6.07) is 6.90. The normalized spacial score (nSPS) is 23.2. The number of ether oxygens (including phenoxy) is 1. The molecule has 2 nitrogen and oxygen atoms in total. The van der Waals surface area contributed by atoms with E-state index in [9.17, 15) is 0 Å². The van der Waals surface area contributed by atoms with Gasteiger partial charge in [0.25, 0.3) is 0 Å². The fourth-order valence-electron chi connectivity index (χ4n) is 2.88. The molecular weight excluding hydrogens is 210 g/mol. The number of nitrogens with one attached hydrogen (secondary N) is 1. The number of hydrogen-bond acceptors (Lipinski definition) is 2. The second-order valence-corrected chi connectivity index (χ2v) is 5.20. The van der Waals surface area contributed by atoms with Crippen molar-refractivity contribution in [2.24, 2.45) is 0 Å². The second kappa shape index (κ2) is 5.09. The van der Waals surface area contributed by atoms with Crippen molar-refractivity contribution in [1.29, 1.82) is 0 Å². The summed E-state index contributed by atoms with van der Waals surface area (Å²) in [5.74, 6) is 0. The lowest BCUT2D eigenvalue weighted by atomic mass is 9.98. The van der Waals surface area contributed by atoms with E-state index in [2.05, 4.69) is 23.5 Å². The minimum Gasteiger partial charge on any atom is -0.385 e. The van der Waals surface area contributed by atoms with Gasteiger partial charge in [0.05, 0.1) is 6.10 Å². The predicted molar refractivity (Wildman–Crippen MR) is 70.5 cm³/mol. The molecule has 1 aromatic rings. The van der Waals surface area contributed by atoms with Crippen LogP contribution in [-0.4, -0.2) is 19.3 Å². The van der Waals surface area contributed by atoms with Crippen LogP contribution >= 0.6 is 0 Å². The Morgan fingerprint density at radius 2 is 2.29 bits per heavy atom. The molecule has 1 saturated heterocycles. The minimum absolute atomic E-state index is 0.518. The van der Waals surface area contributed by atoms with Crippen molar-refractivity contribution >= 4 is 5.69 Å². The Hall–Kier alpha value is -1.02. The Labute approximate surface area is 103 Å². The third-order valence-corrected chi connectivity index (χ3v) is 3.89. The molecule has 1 unspecified atom stereocenters. The number of benzene rings is 1. The van der Waals surface area contributed by atoms with Gasteiger partial charge < -0.3 is 10.1 Å². The maximum Gasteiger partial charge on any atom is 0.0579 e. The van der Waals surface area contributed by atoms with Gasteiger partial charge in [-0.1, -0.05) is 12.1 Å². The molecule has 2 heterocycles. The summed E-state index contributed by atoms with van der Waals surface area (Å²) in [4.78, 5) is 0. The molecular formula is C15H21NO. The Balaban J connectivity index is 1.62. The fourth-order valence-corrected chi connectivity index (χ4v) is 2.88. The minimum atomic E-state index is 0.518. The van der Waals surface area contributed by atoms with Crippen LogP contribution in [0.2, 0.25) is 0 Å². The van der Waals surface area contributed by atoms with Crippen molar-refractivity contribution < 1.29 is 4.74 Å².